The number of hydrogen-bond acceptors (Lipinski definition) is 3. The molecule has 0 bridgehead atoms. The molecular formula is C14H14N2O2. The lowest BCUT2D eigenvalue weighted by Gasteiger charge is -2.32. The molecule has 0 unspecified atom stereocenters. The minimum atomic E-state index is -0.260. The summed E-state index contributed by atoms with van der Waals surface area (Å²) in [5, 5.41) is 13.0. The summed E-state index contributed by atoms with van der Waals surface area (Å²) < 4.78 is 0. The number of rotatable bonds is 2. The molecular weight excluding hydrogens is 228 g/mol. The standard InChI is InChI=1S/C14H14N2O2/c17-10-7-9(8-10)16-14(18)12-3-1-5-13-11(12)4-2-6-15-13/h1-6,9-10,17H,7-8H2,(H,16,18). The number of benzene rings is 1. The molecule has 0 saturated heterocycles. The van der Waals surface area contributed by atoms with Crippen LogP contribution < -0.4 is 5.32 Å². The van der Waals surface area contributed by atoms with Crippen LogP contribution in [-0.2, 0) is 0 Å². The number of carbonyl (C=O) groups excluding carboxylic acids is 1. The van der Waals surface area contributed by atoms with Crippen LogP contribution in [0.2, 0.25) is 0 Å². The number of aliphatic hydroxyl groups excluding tert-OH is 1. The Morgan fingerprint density at radius 1 is 1.28 bits per heavy atom. The Kier molecular flexibility index (Phi) is 2.72. The summed E-state index contributed by atoms with van der Waals surface area (Å²) in [7, 11) is 0. The Bertz CT molecular complexity index is 586. The zero-order valence-electron chi connectivity index (χ0n) is 9.84. The van der Waals surface area contributed by atoms with E-state index >= 15 is 0 Å². The molecule has 92 valence electrons. The monoisotopic (exact) mass is 242 g/mol. The number of fused-ring (bicyclic) bond motifs is 1. The Hall–Kier alpha value is -1.94. The quantitative estimate of drug-likeness (QED) is 0.838. The molecule has 1 amide bonds. The molecule has 1 aromatic carbocycles. The van der Waals surface area contributed by atoms with E-state index in [1.807, 2.05) is 24.3 Å². The number of aromatic nitrogens is 1. The third-order valence-electron chi connectivity index (χ3n) is 3.34. The first-order valence-corrected chi connectivity index (χ1v) is 6.07. The van der Waals surface area contributed by atoms with Gasteiger partial charge in [0.15, 0.2) is 0 Å². The van der Waals surface area contributed by atoms with Crippen molar-refractivity contribution in [1.82, 2.24) is 10.3 Å². The normalized spacial score (nSPS) is 22.5. The van der Waals surface area contributed by atoms with E-state index in [4.69, 9.17) is 0 Å². The number of nitrogens with one attached hydrogen (secondary N) is 1. The lowest BCUT2D eigenvalue weighted by molar-refractivity contribution is 0.0563. The second-order valence-corrected chi connectivity index (χ2v) is 4.67. The number of aliphatic hydroxyl groups is 1. The van der Waals surface area contributed by atoms with Crippen molar-refractivity contribution in [1.29, 1.82) is 0 Å². The van der Waals surface area contributed by atoms with Crippen LogP contribution in [0.25, 0.3) is 10.9 Å². The van der Waals surface area contributed by atoms with E-state index in [-0.39, 0.29) is 18.1 Å². The van der Waals surface area contributed by atoms with Crippen LogP contribution in [0.4, 0.5) is 0 Å². The minimum Gasteiger partial charge on any atom is -0.393 e. The molecule has 1 heterocycles. The van der Waals surface area contributed by atoms with E-state index in [1.165, 1.54) is 0 Å². The molecule has 4 nitrogen and oxygen atoms in total. The number of hydrogen-bond donors (Lipinski definition) is 2. The van der Waals surface area contributed by atoms with E-state index in [1.54, 1.807) is 12.3 Å². The SMILES string of the molecule is O=C(NC1CC(O)C1)c1cccc2ncccc12. The van der Waals surface area contributed by atoms with Gasteiger partial charge in [0.2, 0.25) is 0 Å². The fourth-order valence-electron chi connectivity index (χ4n) is 2.27. The maximum absolute atomic E-state index is 12.1. The second kappa shape index (κ2) is 4.38. The van der Waals surface area contributed by atoms with Gasteiger partial charge in [0.25, 0.3) is 5.91 Å². The van der Waals surface area contributed by atoms with Gasteiger partial charge in [0, 0.05) is 23.2 Å². The van der Waals surface area contributed by atoms with Crippen molar-refractivity contribution >= 4 is 16.8 Å². The van der Waals surface area contributed by atoms with Crippen LogP contribution in [0, 0.1) is 0 Å². The largest absolute Gasteiger partial charge is 0.393 e. The van der Waals surface area contributed by atoms with Crippen LogP contribution >= 0.6 is 0 Å². The highest BCUT2D eigenvalue weighted by molar-refractivity contribution is 6.06. The van der Waals surface area contributed by atoms with Crippen molar-refractivity contribution in [3.05, 3.63) is 42.1 Å². The van der Waals surface area contributed by atoms with Crippen molar-refractivity contribution in [3.8, 4) is 0 Å². The summed E-state index contributed by atoms with van der Waals surface area (Å²) in [6.07, 6.45) is 2.75. The molecule has 1 aromatic heterocycles. The number of amides is 1. The summed E-state index contributed by atoms with van der Waals surface area (Å²) in [5.41, 5.74) is 1.46. The fourth-order valence-corrected chi connectivity index (χ4v) is 2.27. The van der Waals surface area contributed by atoms with Gasteiger partial charge in [-0.25, -0.2) is 0 Å². The van der Waals surface area contributed by atoms with E-state index in [0.29, 0.717) is 18.4 Å². The van der Waals surface area contributed by atoms with Crippen molar-refractivity contribution < 1.29 is 9.90 Å². The average molecular weight is 242 g/mol. The highest BCUT2D eigenvalue weighted by Crippen LogP contribution is 2.21. The molecule has 0 atom stereocenters. The Morgan fingerprint density at radius 3 is 2.89 bits per heavy atom. The highest BCUT2D eigenvalue weighted by atomic mass is 16.3. The Morgan fingerprint density at radius 2 is 2.11 bits per heavy atom. The molecule has 1 aliphatic rings. The third kappa shape index (κ3) is 1.95. The van der Waals surface area contributed by atoms with Gasteiger partial charge in [-0.15, -0.1) is 0 Å². The fraction of sp³-hybridized carbons (Fsp3) is 0.286. The van der Waals surface area contributed by atoms with Gasteiger partial charge in [-0.3, -0.25) is 9.78 Å². The van der Waals surface area contributed by atoms with Gasteiger partial charge in [-0.05, 0) is 31.0 Å². The van der Waals surface area contributed by atoms with Gasteiger partial charge < -0.3 is 10.4 Å². The van der Waals surface area contributed by atoms with Gasteiger partial charge in [-0.1, -0.05) is 12.1 Å². The summed E-state index contributed by atoms with van der Waals surface area (Å²) in [6, 6.07) is 9.34. The van der Waals surface area contributed by atoms with E-state index < -0.39 is 0 Å². The van der Waals surface area contributed by atoms with E-state index in [0.717, 1.165) is 10.9 Å². The molecule has 1 fully saturated rings. The molecule has 4 heteroatoms. The maximum Gasteiger partial charge on any atom is 0.252 e. The second-order valence-electron chi connectivity index (χ2n) is 4.67. The summed E-state index contributed by atoms with van der Waals surface area (Å²) in [4.78, 5) is 16.4. The molecule has 18 heavy (non-hydrogen) atoms. The van der Waals surface area contributed by atoms with Gasteiger partial charge in [0.1, 0.15) is 0 Å². The molecule has 2 N–H and O–H groups in total. The first kappa shape index (κ1) is 11.2. The van der Waals surface area contributed by atoms with Crippen LogP contribution in [-0.4, -0.2) is 28.1 Å². The van der Waals surface area contributed by atoms with Crippen LogP contribution in [0.15, 0.2) is 36.5 Å². The Balaban J connectivity index is 1.87. The molecule has 0 radical (unpaired) electrons. The van der Waals surface area contributed by atoms with Crippen LogP contribution in [0.5, 0.6) is 0 Å². The van der Waals surface area contributed by atoms with Crippen LogP contribution in [0.3, 0.4) is 0 Å². The molecule has 0 spiro atoms. The molecule has 2 aromatic rings. The molecule has 3 rings (SSSR count). The first-order chi connectivity index (χ1) is 8.74. The summed E-state index contributed by atoms with van der Waals surface area (Å²) in [6.45, 7) is 0. The molecule has 1 aliphatic carbocycles. The average Bonchev–Trinajstić information content (AvgIpc) is 2.36. The highest BCUT2D eigenvalue weighted by Gasteiger charge is 2.28. The maximum atomic E-state index is 12.1. The zero-order valence-corrected chi connectivity index (χ0v) is 9.84. The zero-order chi connectivity index (χ0) is 12.5. The number of carbonyl (C=O) groups is 1. The third-order valence-corrected chi connectivity index (χ3v) is 3.34. The van der Waals surface area contributed by atoms with Gasteiger partial charge >= 0.3 is 0 Å². The van der Waals surface area contributed by atoms with Crippen molar-refractivity contribution in [3.63, 3.8) is 0 Å². The van der Waals surface area contributed by atoms with Gasteiger partial charge in [0.05, 0.1) is 11.6 Å². The number of nitrogens with zero attached hydrogens (tertiary/aromatic N) is 1. The number of pyridine rings is 1. The van der Waals surface area contributed by atoms with Crippen LogP contribution in [0.1, 0.15) is 23.2 Å². The van der Waals surface area contributed by atoms with Gasteiger partial charge in [-0.2, -0.15) is 0 Å². The smallest absolute Gasteiger partial charge is 0.252 e. The Labute approximate surface area is 105 Å². The topological polar surface area (TPSA) is 62.2 Å². The lowest BCUT2D eigenvalue weighted by atomic mass is 9.89. The summed E-state index contributed by atoms with van der Waals surface area (Å²) >= 11 is 0. The molecule has 0 aliphatic heterocycles. The lowest BCUT2D eigenvalue weighted by Crippen LogP contribution is -2.46. The predicted octanol–water partition coefficient (Wildman–Crippen LogP) is 1.49. The minimum absolute atomic E-state index is 0.0921. The van der Waals surface area contributed by atoms with E-state index in [2.05, 4.69) is 10.3 Å². The van der Waals surface area contributed by atoms with Crippen molar-refractivity contribution in [2.45, 2.75) is 25.0 Å². The predicted molar refractivity (Wildman–Crippen MR) is 68.2 cm³/mol. The summed E-state index contributed by atoms with van der Waals surface area (Å²) in [5.74, 6) is -0.0921. The van der Waals surface area contributed by atoms with E-state index in [9.17, 15) is 9.90 Å². The van der Waals surface area contributed by atoms with Crippen molar-refractivity contribution in [2.75, 3.05) is 0 Å². The van der Waals surface area contributed by atoms with Crippen molar-refractivity contribution in [2.24, 2.45) is 0 Å². The molecule has 1 saturated carbocycles. The first-order valence-electron chi connectivity index (χ1n) is 6.07.